The van der Waals surface area contributed by atoms with Crippen molar-refractivity contribution in [2.45, 2.75) is 57.7 Å². The minimum Gasteiger partial charge on any atom is -0.454 e. The zero-order valence-electron chi connectivity index (χ0n) is 16.1. The lowest BCUT2D eigenvalue weighted by atomic mass is 9.85. The molecule has 2 aromatic heterocycles. The van der Waals surface area contributed by atoms with Crippen molar-refractivity contribution in [3.05, 3.63) is 42.4 Å². The molecule has 3 rings (SSSR count). The number of amides is 2. The number of nitrogens with zero attached hydrogens (tertiary/aromatic N) is 2. The summed E-state index contributed by atoms with van der Waals surface area (Å²) in [5, 5.41) is 15.4. The first-order valence-corrected chi connectivity index (χ1v) is 9.86. The molecule has 2 aromatic rings. The van der Waals surface area contributed by atoms with E-state index in [0.29, 0.717) is 31.0 Å². The molecule has 1 saturated carbocycles. The highest BCUT2D eigenvalue weighted by molar-refractivity contribution is 5.91. The van der Waals surface area contributed by atoms with Gasteiger partial charge in [0.05, 0.1) is 19.0 Å². The molecule has 0 radical (unpaired) electrons. The third-order valence-corrected chi connectivity index (χ3v) is 5.20. The van der Waals surface area contributed by atoms with Crippen molar-refractivity contribution in [2.24, 2.45) is 5.92 Å². The number of aliphatic hydroxyl groups is 1. The predicted octanol–water partition coefficient (Wildman–Crippen LogP) is 1.70. The van der Waals surface area contributed by atoms with Gasteiger partial charge in [0.15, 0.2) is 5.76 Å². The van der Waals surface area contributed by atoms with Crippen molar-refractivity contribution < 1.29 is 19.1 Å². The van der Waals surface area contributed by atoms with E-state index in [1.54, 1.807) is 24.7 Å². The van der Waals surface area contributed by atoms with E-state index in [-0.39, 0.29) is 23.8 Å². The van der Waals surface area contributed by atoms with E-state index in [0.717, 1.165) is 25.7 Å². The van der Waals surface area contributed by atoms with E-state index in [9.17, 15) is 14.7 Å². The van der Waals surface area contributed by atoms with Crippen LogP contribution in [-0.2, 0) is 11.3 Å². The third kappa shape index (κ3) is 5.45. The van der Waals surface area contributed by atoms with Gasteiger partial charge in [0.1, 0.15) is 5.76 Å². The van der Waals surface area contributed by atoms with Gasteiger partial charge in [0.2, 0.25) is 5.91 Å². The summed E-state index contributed by atoms with van der Waals surface area (Å²) in [6.45, 7) is 2.70. The summed E-state index contributed by atoms with van der Waals surface area (Å²) < 4.78 is 7.50. The predicted molar refractivity (Wildman–Crippen MR) is 103 cm³/mol. The fraction of sp³-hybridized carbons (Fsp3) is 0.550. The summed E-state index contributed by atoms with van der Waals surface area (Å²) in [4.78, 5) is 28.6. The zero-order valence-corrected chi connectivity index (χ0v) is 16.1. The Kier molecular flexibility index (Phi) is 6.86. The van der Waals surface area contributed by atoms with Crippen LogP contribution in [0.1, 0.15) is 55.3 Å². The van der Waals surface area contributed by atoms with Crippen LogP contribution in [0.25, 0.3) is 0 Å². The van der Waals surface area contributed by atoms with Crippen LogP contribution in [0, 0.1) is 5.92 Å². The maximum absolute atomic E-state index is 12.4. The van der Waals surface area contributed by atoms with Crippen LogP contribution in [-0.4, -0.2) is 45.2 Å². The topological polar surface area (TPSA) is 109 Å². The lowest BCUT2D eigenvalue weighted by molar-refractivity contribution is -0.126. The van der Waals surface area contributed by atoms with E-state index in [4.69, 9.17) is 4.42 Å². The summed E-state index contributed by atoms with van der Waals surface area (Å²) in [7, 11) is 0. The monoisotopic (exact) mass is 388 g/mol. The molecular weight excluding hydrogens is 360 g/mol. The molecule has 3 N–H and O–H groups in total. The van der Waals surface area contributed by atoms with E-state index in [2.05, 4.69) is 15.6 Å². The molecule has 2 heterocycles. The van der Waals surface area contributed by atoms with Crippen molar-refractivity contribution in [1.82, 2.24) is 20.2 Å². The van der Waals surface area contributed by atoms with Gasteiger partial charge in [-0.15, -0.1) is 0 Å². The Morgan fingerprint density at radius 3 is 2.79 bits per heavy atom. The number of carbonyl (C=O) groups is 2. The molecule has 8 heteroatoms. The second-order valence-corrected chi connectivity index (χ2v) is 7.33. The van der Waals surface area contributed by atoms with E-state index in [1.807, 2.05) is 17.7 Å². The largest absolute Gasteiger partial charge is 0.454 e. The summed E-state index contributed by atoms with van der Waals surface area (Å²) in [5.41, 5.74) is 0. The van der Waals surface area contributed by atoms with Gasteiger partial charge < -0.3 is 24.7 Å². The minimum atomic E-state index is -0.494. The van der Waals surface area contributed by atoms with Gasteiger partial charge >= 0.3 is 0 Å². The fourth-order valence-corrected chi connectivity index (χ4v) is 3.41. The van der Waals surface area contributed by atoms with E-state index >= 15 is 0 Å². The average molecular weight is 388 g/mol. The van der Waals surface area contributed by atoms with Crippen LogP contribution in [0.15, 0.2) is 35.3 Å². The molecular formula is C20H28N4O4. The number of rotatable bonds is 8. The number of aromatic nitrogens is 2. The van der Waals surface area contributed by atoms with Crippen LogP contribution >= 0.6 is 0 Å². The van der Waals surface area contributed by atoms with Gasteiger partial charge in [-0.3, -0.25) is 9.59 Å². The van der Waals surface area contributed by atoms with Crippen LogP contribution in [0.3, 0.4) is 0 Å². The van der Waals surface area contributed by atoms with Gasteiger partial charge in [-0.05, 0) is 44.2 Å². The van der Waals surface area contributed by atoms with Crippen LogP contribution in [0.5, 0.6) is 0 Å². The molecule has 1 aliphatic rings. The van der Waals surface area contributed by atoms with E-state index in [1.165, 1.54) is 0 Å². The van der Waals surface area contributed by atoms with Crippen LogP contribution in [0.2, 0.25) is 0 Å². The number of furan rings is 1. The molecule has 0 spiro atoms. The number of hydrogen-bond acceptors (Lipinski definition) is 5. The molecule has 1 unspecified atom stereocenters. The second kappa shape index (κ2) is 9.54. The molecule has 0 aliphatic heterocycles. The lowest BCUT2D eigenvalue weighted by Crippen LogP contribution is -2.42. The Morgan fingerprint density at radius 1 is 1.32 bits per heavy atom. The molecule has 0 aromatic carbocycles. The van der Waals surface area contributed by atoms with Gasteiger partial charge in [-0.1, -0.05) is 6.92 Å². The highest BCUT2D eigenvalue weighted by Crippen LogP contribution is 2.25. The zero-order chi connectivity index (χ0) is 19.9. The Hall–Kier alpha value is -2.61. The fourth-order valence-electron chi connectivity index (χ4n) is 3.41. The van der Waals surface area contributed by atoms with Gasteiger partial charge in [-0.25, -0.2) is 4.98 Å². The summed E-state index contributed by atoms with van der Waals surface area (Å²) in [6.07, 6.45) is 8.30. The van der Waals surface area contributed by atoms with Crippen LogP contribution < -0.4 is 10.6 Å². The second-order valence-electron chi connectivity index (χ2n) is 7.33. The van der Waals surface area contributed by atoms with E-state index < -0.39 is 6.10 Å². The molecule has 1 atom stereocenters. The van der Waals surface area contributed by atoms with Gasteiger partial charge in [-0.2, -0.15) is 0 Å². The minimum absolute atomic E-state index is 0.00699. The molecule has 2 amide bonds. The van der Waals surface area contributed by atoms with Crippen molar-refractivity contribution in [3.8, 4) is 0 Å². The molecule has 1 fully saturated rings. The Labute approximate surface area is 164 Å². The number of nitrogens with one attached hydrogen (secondary N) is 2. The molecule has 0 saturated heterocycles. The first kappa shape index (κ1) is 20.1. The first-order chi connectivity index (χ1) is 13.5. The highest BCUT2D eigenvalue weighted by Gasteiger charge is 2.28. The van der Waals surface area contributed by atoms with Gasteiger partial charge in [0, 0.05) is 30.9 Å². The number of hydrogen-bond donors (Lipinski definition) is 3. The Bertz CT molecular complexity index is 763. The lowest BCUT2D eigenvalue weighted by Gasteiger charge is -2.28. The summed E-state index contributed by atoms with van der Waals surface area (Å²) >= 11 is 0. The van der Waals surface area contributed by atoms with Gasteiger partial charge in [0.25, 0.3) is 5.91 Å². The molecule has 152 valence electrons. The number of imidazole rings is 1. The van der Waals surface area contributed by atoms with Crippen LogP contribution in [0.4, 0.5) is 0 Å². The van der Waals surface area contributed by atoms with Crippen molar-refractivity contribution in [3.63, 3.8) is 0 Å². The quantitative estimate of drug-likeness (QED) is 0.638. The summed E-state index contributed by atoms with van der Waals surface area (Å²) in [6, 6.07) is 3.51. The molecule has 1 aliphatic carbocycles. The molecule has 0 bridgehead atoms. The Balaban J connectivity index is 1.42. The number of carbonyl (C=O) groups excluding carboxylic acids is 2. The molecule has 8 nitrogen and oxygen atoms in total. The first-order valence-electron chi connectivity index (χ1n) is 9.86. The smallest absolute Gasteiger partial charge is 0.287 e. The highest BCUT2D eigenvalue weighted by atomic mass is 16.4. The SMILES string of the molecule is CCC(O)CNC(=O)C1CCC(NC(=O)c2ccc(Cn3ccnc3)o2)CC1. The Morgan fingerprint density at radius 2 is 2.11 bits per heavy atom. The average Bonchev–Trinajstić information content (AvgIpc) is 3.39. The maximum Gasteiger partial charge on any atom is 0.287 e. The standard InChI is InChI=1S/C20H28N4O4/c1-2-16(25)11-22-19(26)14-3-5-15(6-4-14)23-20(27)18-8-7-17(28-18)12-24-10-9-21-13-24/h7-10,13-16,25H,2-6,11-12H2,1H3,(H,22,26)(H,23,27). The maximum atomic E-state index is 12.4. The summed E-state index contributed by atoms with van der Waals surface area (Å²) in [5.74, 6) is 0.701. The van der Waals surface area contributed by atoms with Crippen molar-refractivity contribution in [2.75, 3.05) is 6.54 Å². The van der Waals surface area contributed by atoms with Crippen molar-refractivity contribution >= 4 is 11.8 Å². The third-order valence-electron chi connectivity index (χ3n) is 5.20. The normalized spacial score (nSPS) is 20.5. The van der Waals surface area contributed by atoms with Crippen molar-refractivity contribution in [1.29, 1.82) is 0 Å². The number of aliphatic hydroxyl groups excluding tert-OH is 1. The molecule has 28 heavy (non-hydrogen) atoms.